The molecular formula is C22H33N5O2. The smallest absolute Gasteiger partial charge is 0.271 e. The Labute approximate surface area is 173 Å². The molecule has 0 bridgehead atoms. The van der Waals surface area contributed by atoms with E-state index in [4.69, 9.17) is 0 Å². The molecule has 3 fully saturated rings. The molecule has 7 heteroatoms. The quantitative estimate of drug-likeness (QED) is 0.795. The van der Waals surface area contributed by atoms with E-state index in [-0.39, 0.29) is 11.8 Å². The summed E-state index contributed by atoms with van der Waals surface area (Å²) in [7, 11) is 0. The van der Waals surface area contributed by atoms with Crippen molar-refractivity contribution >= 4 is 17.6 Å². The highest BCUT2D eigenvalue weighted by Gasteiger charge is 2.32. The van der Waals surface area contributed by atoms with E-state index < -0.39 is 0 Å². The van der Waals surface area contributed by atoms with E-state index in [2.05, 4.69) is 27.3 Å². The summed E-state index contributed by atoms with van der Waals surface area (Å²) in [5.74, 6) is 2.46. The average molecular weight is 400 g/mol. The van der Waals surface area contributed by atoms with E-state index in [1.54, 1.807) is 6.07 Å². The topological polar surface area (TPSA) is 78.4 Å². The highest BCUT2D eigenvalue weighted by Crippen LogP contribution is 2.32. The fourth-order valence-corrected chi connectivity index (χ4v) is 4.58. The Bertz CT molecular complexity index is 710. The highest BCUT2D eigenvalue weighted by atomic mass is 16.2. The number of aromatic nitrogens is 2. The Morgan fingerprint density at radius 2 is 1.79 bits per heavy atom. The van der Waals surface area contributed by atoms with Gasteiger partial charge in [0.15, 0.2) is 11.5 Å². The van der Waals surface area contributed by atoms with Gasteiger partial charge in [-0.05, 0) is 43.2 Å². The molecule has 158 valence electrons. The summed E-state index contributed by atoms with van der Waals surface area (Å²) in [6.45, 7) is 5.91. The first-order valence-corrected chi connectivity index (χ1v) is 11.3. The number of amides is 2. The van der Waals surface area contributed by atoms with Crippen LogP contribution in [-0.4, -0.2) is 59.6 Å². The Balaban J connectivity index is 1.25. The predicted octanol–water partition coefficient (Wildman–Crippen LogP) is 2.48. The minimum atomic E-state index is -0.151. The van der Waals surface area contributed by atoms with E-state index in [1.807, 2.05) is 11.0 Å². The van der Waals surface area contributed by atoms with Crippen LogP contribution in [0, 0.1) is 17.8 Å². The zero-order valence-electron chi connectivity index (χ0n) is 17.5. The molecule has 29 heavy (non-hydrogen) atoms. The van der Waals surface area contributed by atoms with Gasteiger partial charge >= 0.3 is 0 Å². The minimum absolute atomic E-state index is 0.151. The van der Waals surface area contributed by atoms with Crippen LogP contribution in [0.3, 0.4) is 0 Å². The van der Waals surface area contributed by atoms with Gasteiger partial charge in [0.25, 0.3) is 5.91 Å². The molecule has 0 aromatic carbocycles. The second-order valence-corrected chi connectivity index (χ2v) is 8.95. The van der Waals surface area contributed by atoms with Crippen molar-refractivity contribution in [3.63, 3.8) is 0 Å². The fourth-order valence-electron chi connectivity index (χ4n) is 4.58. The number of rotatable bonds is 6. The molecule has 2 heterocycles. The summed E-state index contributed by atoms with van der Waals surface area (Å²) in [5, 5.41) is 11.3. The Morgan fingerprint density at radius 3 is 2.45 bits per heavy atom. The third kappa shape index (κ3) is 5.06. The maximum Gasteiger partial charge on any atom is 0.271 e. The van der Waals surface area contributed by atoms with Crippen molar-refractivity contribution in [3.8, 4) is 0 Å². The van der Waals surface area contributed by atoms with Gasteiger partial charge in [-0.1, -0.05) is 32.6 Å². The monoisotopic (exact) mass is 399 g/mol. The summed E-state index contributed by atoms with van der Waals surface area (Å²) < 4.78 is 0. The number of nitrogens with zero attached hydrogens (tertiary/aromatic N) is 4. The summed E-state index contributed by atoms with van der Waals surface area (Å²) in [6, 6.07) is 3.61. The van der Waals surface area contributed by atoms with Crippen LogP contribution >= 0.6 is 0 Å². The highest BCUT2D eigenvalue weighted by molar-refractivity contribution is 5.92. The molecular weight excluding hydrogens is 366 g/mol. The van der Waals surface area contributed by atoms with E-state index in [1.165, 1.54) is 32.1 Å². The van der Waals surface area contributed by atoms with Crippen LogP contribution in [0.1, 0.15) is 62.4 Å². The molecule has 4 rings (SSSR count). The molecule has 1 aromatic heterocycles. The Morgan fingerprint density at radius 1 is 1.03 bits per heavy atom. The number of hydrogen-bond acceptors (Lipinski definition) is 5. The molecule has 1 saturated heterocycles. The lowest BCUT2D eigenvalue weighted by atomic mass is 9.79. The molecule has 3 aliphatic rings. The molecule has 1 N–H and O–H groups in total. The Hall–Kier alpha value is -2.18. The largest absolute Gasteiger partial charge is 0.352 e. The van der Waals surface area contributed by atoms with Crippen molar-refractivity contribution < 1.29 is 9.59 Å². The number of hydrogen-bond donors (Lipinski definition) is 1. The van der Waals surface area contributed by atoms with Gasteiger partial charge in [0.2, 0.25) is 5.91 Å². The summed E-state index contributed by atoms with van der Waals surface area (Å²) in [5.41, 5.74) is 0.365. The molecule has 2 amide bonds. The minimum Gasteiger partial charge on any atom is -0.352 e. The number of anilines is 1. The average Bonchev–Trinajstić information content (AvgIpc) is 3.58. The van der Waals surface area contributed by atoms with E-state index in [9.17, 15) is 9.59 Å². The van der Waals surface area contributed by atoms with Gasteiger partial charge in [-0.25, -0.2) is 0 Å². The number of carbonyl (C=O) groups excluding carboxylic acids is 2. The SMILES string of the molecule is CC1CCCCC1C(=O)N1CCN(c2ccc(C(=O)NCCC3CC3)nn2)CC1. The van der Waals surface area contributed by atoms with Gasteiger partial charge in [-0.15, -0.1) is 10.2 Å². The van der Waals surface area contributed by atoms with Crippen molar-refractivity contribution in [1.82, 2.24) is 20.4 Å². The predicted molar refractivity (Wildman–Crippen MR) is 112 cm³/mol. The van der Waals surface area contributed by atoms with Crippen LogP contribution in [0.15, 0.2) is 12.1 Å². The van der Waals surface area contributed by atoms with Crippen LogP contribution in [0.5, 0.6) is 0 Å². The lowest BCUT2D eigenvalue weighted by Crippen LogP contribution is -2.51. The lowest BCUT2D eigenvalue weighted by molar-refractivity contribution is -0.138. The van der Waals surface area contributed by atoms with Crippen molar-refractivity contribution in [1.29, 1.82) is 0 Å². The van der Waals surface area contributed by atoms with Crippen molar-refractivity contribution in [2.24, 2.45) is 17.8 Å². The molecule has 2 aliphatic carbocycles. The first kappa shape index (κ1) is 20.1. The molecule has 2 unspecified atom stereocenters. The van der Waals surface area contributed by atoms with Crippen LogP contribution in [0.2, 0.25) is 0 Å². The molecule has 1 aromatic rings. The maximum absolute atomic E-state index is 12.9. The molecule has 0 spiro atoms. The number of carbonyl (C=O) groups is 2. The van der Waals surface area contributed by atoms with Gasteiger partial charge in [0, 0.05) is 38.6 Å². The van der Waals surface area contributed by atoms with Crippen LogP contribution in [0.4, 0.5) is 5.82 Å². The molecule has 7 nitrogen and oxygen atoms in total. The first-order valence-electron chi connectivity index (χ1n) is 11.3. The summed E-state index contributed by atoms with van der Waals surface area (Å²) >= 11 is 0. The van der Waals surface area contributed by atoms with Gasteiger partial charge in [-0.2, -0.15) is 0 Å². The van der Waals surface area contributed by atoms with E-state index in [0.717, 1.165) is 50.8 Å². The number of nitrogens with one attached hydrogen (secondary N) is 1. The van der Waals surface area contributed by atoms with Crippen LogP contribution in [0.25, 0.3) is 0 Å². The van der Waals surface area contributed by atoms with Crippen molar-refractivity contribution in [2.75, 3.05) is 37.6 Å². The molecule has 1 aliphatic heterocycles. The molecule has 0 radical (unpaired) electrons. The molecule has 2 atom stereocenters. The maximum atomic E-state index is 12.9. The molecule has 2 saturated carbocycles. The zero-order valence-corrected chi connectivity index (χ0v) is 17.5. The standard InChI is InChI=1S/C22H33N5O2/c1-16-4-2-3-5-18(16)22(29)27-14-12-26(13-15-27)20-9-8-19(24-25-20)21(28)23-11-10-17-6-7-17/h8-9,16-18H,2-7,10-15H2,1H3,(H,23,28). The third-order valence-electron chi connectivity index (χ3n) is 6.76. The van der Waals surface area contributed by atoms with Crippen LogP contribution < -0.4 is 10.2 Å². The van der Waals surface area contributed by atoms with Gasteiger partial charge in [0.1, 0.15) is 0 Å². The van der Waals surface area contributed by atoms with E-state index in [0.29, 0.717) is 24.1 Å². The van der Waals surface area contributed by atoms with Crippen LogP contribution in [-0.2, 0) is 4.79 Å². The number of piperazine rings is 1. The Kier molecular flexibility index (Phi) is 6.31. The van der Waals surface area contributed by atoms with Crippen molar-refractivity contribution in [3.05, 3.63) is 17.8 Å². The third-order valence-corrected chi connectivity index (χ3v) is 6.76. The second kappa shape index (κ2) is 9.09. The fraction of sp³-hybridized carbons (Fsp3) is 0.727. The van der Waals surface area contributed by atoms with Gasteiger partial charge in [-0.3, -0.25) is 9.59 Å². The second-order valence-electron chi connectivity index (χ2n) is 8.95. The van der Waals surface area contributed by atoms with E-state index >= 15 is 0 Å². The van der Waals surface area contributed by atoms with Crippen molar-refractivity contribution in [2.45, 2.75) is 51.9 Å². The first-order chi connectivity index (χ1) is 14.1. The van der Waals surface area contributed by atoms with Gasteiger partial charge < -0.3 is 15.1 Å². The lowest BCUT2D eigenvalue weighted by Gasteiger charge is -2.38. The summed E-state index contributed by atoms with van der Waals surface area (Å²) in [6.07, 6.45) is 8.29. The summed E-state index contributed by atoms with van der Waals surface area (Å²) in [4.78, 5) is 29.2. The normalized spacial score (nSPS) is 25.0. The zero-order chi connectivity index (χ0) is 20.2. The van der Waals surface area contributed by atoms with Gasteiger partial charge in [0.05, 0.1) is 0 Å².